The summed E-state index contributed by atoms with van der Waals surface area (Å²) >= 11 is 2.19. The summed E-state index contributed by atoms with van der Waals surface area (Å²) in [4.78, 5) is 0. The number of halogens is 2. The Morgan fingerprint density at radius 1 is 1.56 bits per heavy atom. The van der Waals surface area contributed by atoms with Gasteiger partial charge in [0.25, 0.3) is 0 Å². The average Bonchev–Trinajstić information content (AvgIpc) is 2.26. The van der Waals surface area contributed by atoms with Gasteiger partial charge in [0, 0.05) is 9.61 Å². The topological polar surface area (TPSA) is 12.0 Å². The molecule has 0 bridgehead atoms. The zero-order chi connectivity index (χ0) is 12.0. The smallest absolute Gasteiger partial charge is 0.124 e. The van der Waals surface area contributed by atoms with Crippen LogP contribution >= 0.6 is 22.6 Å². The molecule has 0 amide bonds. The van der Waals surface area contributed by atoms with Gasteiger partial charge in [-0.05, 0) is 66.6 Å². The van der Waals surface area contributed by atoms with Crippen LogP contribution in [-0.4, -0.2) is 7.05 Å². The molecule has 0 aliphatic rings. The Hall–Kier alpha value is -0.420. The first-order valence-electron chi connectivity index (χ1n) is 5.42. The van der Waals surface area contributed by atoms with Gasteiger partial charge in [0.2, 0.25) is 0 Å². The molecule has 1 N–H and O–H groups in total. The van der Waals surface area contributed by atoms with E-state index in [2.05, 4.69) is 34.5 Å². The SMILES string of the molecule is C=CCCCC(NC)c1ccc(F)cc1I. The third-order valence-electron chi connectivity index (χ3n) is 2.59. The molecule has 16 heavy (non-hydrogen) atoms. The van der Waals surface area contributed by atoms with Gasteiger partial charge >= 0.3 is 0 Å². The maximum absolute atomic E-state index is 13.0. The Bertz CT molecular complexity index is 352. The van der Waals surface area contributed by atoms with E-state index in [1.165, 1.54) is 11.6 Å². The van der Waals surface area contributed by atoms with Crippen molar-refractivity contribution in [2.45, 2.75) is 25.3 Å². The third-order valence-corrected chi connectivity index (χ3v) is 3.52. The Labute approximate surface area is 110 Å². The van der Waals surface area contributed by atoms with Gasteiger partial charge in [0.05, 0.1) is 0 Å². The number of hydrogen-bond acceptors (Lipinski definition) is 1. The number of hydrogen-bond donors (Lipinski definition) is 1. The molecule has 0 aliphatic heterocycles. The summed E-state index contributed by atoms with van der Waals surface area (Å²) in [6, 6.07) is 5.27. The second kappa shape index (κ2) is 7.01. The Morgan fingerprint density at radius 2 is 2.31 bits per heavy atom. The van der Waals surface area contributed by atoms with Crippen molar-refractivity contribution in [2.75, 3.05) is 7.05 Å². The molecule has 1 atom stereocenters. The zero-order valence-electron chi connectivity index (χ0n) is 9.47. The molecule has 0 saturated carbocycles. The van der Waals surface area contributed by atoms with Gasteiger partial charge < -0.3 is 5.32 Å². The fourth-order valence-corrected chi connectivity index (χ4v) is 2.56. The number of allylic oxidation sites excluding steroid dienone is 1. The monoisotopic (exact) mass is 333 g/mol. The Morgan fingerprint density at radius 3 is 2.88 bits per heavy atom. The van der Waals surface area contributed by atoms with E-state index in [0.717, 1.165) is 22.8 Å². The van der Waals surface area contributed by atoms with Gasteiger partial charge in [0.1, 0.15) is 5.82 Å². The number of nitrogens with one attached hydrogen (secondary N) is 1. The van der Waals surface area contributed by atoms with Crippen molar-refractivity contribution in [3.05, 3.63) is 45.8 Å². The van der Waals surface area contributed by atoms with E-state index < -0.39 is 0 Å². The molecule has 1 aromatic carbocycles. The molecule has 0 fully saturated rings. The summed E-state index contributed by atoms with van der Waals surface area (Å²) in [6.07, 6.45) is 5.10. The van der Waals surface area contributed by atoms with Gasteiger partial charge in [-0.3, -0.25) is 0 Å². The summed E-state index contributed by atoms with van der Waals surface area (Å²) in [6.45, 7) is 3.71. The zero-order valence-corrected chi connectivity index (χ0v) is 11.6. The number of benzene rings is 1. The van der Waals surface area contributed by atoms with Gasteiger partial charge in [-0.2, -0.15) is 0 Å². The summed E-state index contributed by atoms with van der Waals surface area (Å²) in [5.74, 6) is -0.172. The highest BCUT2D eigenvalue weighted by atomic mass is 127. The summed E-state index contributed by atoms with van der Waals surface area (Å²) < 4.78 is 14.0. The quantitative estimate of drug-likeness (QED) is 0.471. The van der Waals surface area contributed by atoms with Crippen LogP contribution in [0.3, 0.4) is 0 Å². The predicted octanol–water partition coefficient (Wildman–Crippen LogP) is 4.05. The largest absolute Gasteiger partial charge is 0.313 e. The van der Waals surface area contributed by atoms with E-state index in [1.807, 2.05) is 19.2 Å². The van der Waals surface area contributed by atoms with Crippen LogP contribution in [0.4, 0.5) is 4.39 Å². The highest BCUT2D eigenvalue weighted by Crippen LogP contribution is 2.24. The van der Waals surface area contributed by atoms with Crippen molar-refractivity contribution in [2.24, 2.45) is 0 Å². The second-order valence-electron chi connectivity index (χ2n) is 3.73. The minimum Gasteiger partial charge on any atom is -0.313 e. The second-order valence-corrected chi connectivity index (χ2v) is 4.89. The van der Waals surface area contributed by atoms with Crippen molar-refractivity contribution in [3.8, 4) is 0 Å². The molecule has 0 spiro atoms. The van der Waals surface area contributed by atoms with Gasteiger partial charge in [-0.25, -0.2) is 4.39 Å². The van der Waals surface area contributed by atoms with E-state index in [4.69, 9.17) is 0 Å². The van der Waals surface area contributed by atoms with E-state index in [9.17, 15) is 4.39 Å². The van der Waals surface area contributed by atoms with Gasteiger partial charge in [0.15, 0.2) is 0 Å². The van der Waals surface area contributed by atoms with E-state index in [0.29, 0.717) is 6.04 Å². The molecule has 0 heterocycles. The molecule has 0 saturated heterocycles. The van der Waals surface area contributed by atoms with Crippen molar-refractivity contribution >= 4 is 22.6 Å². The molecule has 1 unspecified atom stereocenters. The van der Waals surface area contributed by atoms with Crippen LogP contribution in [0.15, 0.2) is 30.9 Å². The van der Waals surface area contributed by atoms with Crippen molar-refractivity contribution in [1.29, 1.82) is 0 Å². The molecule has 3 heteroatoms. The molecule has 0 aliphatic carbocycles. The number of unbranched alkanes of at least 4 members (excludes halogenated alkanes) is 1. The molecular weight excluding hydrogens is 316 g/mol. The first kappa shape index (κ1) is 13.6. The van der Waals surface area contributed by atoms with Crippen molar-refractivity contribution in [3.63, 3.8) is 0 Å². The molecule has 0 aromatic heterocycles. The first-order chi connectivity index (χ1) is 7.69. The fourth-order valence-electron chi connectivity index (χ4n) is 1.71. The molecular formula is C13H17FIN. The van der Waals surface area contributed by atoms with Crippen LogP contribution in [0, 0.1) is 9.39 Å². The average molecular weight is 333 g/mol. The standard InChI is InChI=1S/C13H17FIN/c1-3-4-5-6-13(16-2)11-8-7-10(14)9-12(11)15/h3,7-9,13,16H,1,4-6H2,2H3. The van der Waals surface area contributed by atoms with Gasteiger partial charge in [-0.15, -0.1) is 6.58 Å². The lowest BCUT2D eigenvalue weighted by Crippen LogP contribution is -2.17. The fraction of sp³-hybridized carbons (Fsp3) is 0.385. The lowest BCUT2D eigenvalue weighted by Gasteiger charge is -2.17. The van der Waals surface area contributed by atoms with E-state index in [1.54, 1.807) is 6.07 Å². The van der Waals surface area contributed by atoms with Crippen LogP contribution < -0.4 is 5.32 Å². The minimum atomic E-state index is -0.172. The molecule has 1 nitrogen and oxygen atoms in total. The van der Waals surface area contributed by atoms with Crippen LogP contribution in [0.1, 0.15) is 30.9 Å². The summed E-state index contributed by atoms with van der Waals surface area (Å²) in [7, 11) is 1.94. The van der Waals surface area contributed by atoms with Crippen LogP contribution in [0.2, 0.25) is 0 Å². The first-order valence-corrected chi connectivity index (χ1v) is 6.50. The normalized spacial score (nSPS) is 12.4. The Kier molecular flexibility index (Phi) is 5.98. The minimum absolute atomic E-state index is 0.172. The third kappa shape index (κ3) is 3.87. The highest BCUT2D eigenvalue weighted by Gasteiger charge is 2.12. The molecule has 0 radical (unpaired) electrons. The maximum Gasteiger partial charge on any atom is 0.124 e. The molecule has 88 valence electrons. The van der Waals surface area contributed by atoms with Crippen molar-refractivity contribution in [1.82, 2.24) is 5.32 Å². The maximum atomic E-state index is 13.0. The lowest BCUT2D eigenvalue weighted by molar-refractivity contribution is 0.526. The Balaban J connectivity index is 2.74. The van der Waals surface area contributed by atoms with Gasteiger partial charge in [-0.1, -0.05) is 12.1 Å². The van der Waals surface area contributed by atoms with Crippen LogP contribution in [0.25, 0.3) is 0 Å². The van der Waals surface area contributed by atoms with Crippen molar-refractivity contribution < 1.29 is 4.39 Å². The highest BCUT2D eigenvalue weighted by molar-refractivity contribution is 14.1. The molecule has 1 aromatic rings. The van der Waals surface area contributed by atoms with E-state index >= 15 is 0 Å². The number of rotatable bonds is 6. The summed E-state index contributed by atoms with van der Waals surface area (Å²) in [5.41, 5.74) is 1.17. The van der Waals surface area contributed by atoms with Crippen LogP contribution in [-0.2, 0) is 0 Å². The summed E-state index contributed by atoms with van der Waals surface area (Å²) in [5, 5.41) is 3.28. The van der Waals surface area contributed by atoms with E-state index in [-0.39, 0.29) is 5.82 Å². The van der Waals surface area contributed by atoms with Crippen LogP contribution in [0.5, 0.6) is 0 Å². The molecule has 1 rings (SSSR count). The lowest BCUT2D eigenvalue weighted by atomic mass is 10.0. The predicted molar refractivity (Wildman–Crippen MR) is 75.0 cm³/mol.